The van der Waals surface area contributed by atoms with E-state index in [1.54, 1.807) is 0 Å². The molecule has 20 heavy (non-hydrogen) atoms. The number of carbonyl (C=O) groups excluding carboxylic acids is 2. The second-order valence-electron chi connectivity index (χ2n) is 4.35. The summed E-state index contributed by atoms with van der Waals surface area (Å²) in [5.41, 5.74) is -1.19. The standard InChI is InChI=1S/C11H15NO7S/c1-4-8(13)12-11(2,3)7-20(17,18)19-10(16)6-5-9(14)15/h4-6H,1,7H2,2-3H3,(H,12,13)(H,14,15). The van der Waals surface area contributed by atoms with Crippen LogP contribution in [0.1, 0.15) is 13.8 Å². The molecule has 0 saturated heterocycles. The van der Waals surface area contributed by atoms with E-state index in [0.717, 1.165) is 6.08 Å². The molecular formula is C11H15NO7S. The van der Waals surface area contributed by atoms with Crippen LogP contribution in [0.4, 0.5) is 0 Å². The topological polar surface area (TPSA) is 127 Å². The quantitative estimate of drug-likeness (QED) is 0.483. The Labute approximate surface area is 116 Å². The molecular weight excluding hydrogens is 290 g/mol. The van der Waals surface area contributed by atoms with Crippen LogP contribution in [0.3, 0.4) is 0 Å². The van der Waals surface area contributed by atoms with Gasteiger partial charge in [-0.1, -0.05) is 6.58 Å². The molecule has 8 nitrogen and oxygen atoms in total. The number of nitrogens with one attached hydrogen (secondary N) is 1. The largest absolute Gasteiger partial charge is 0.478 e. The van der Waals surface area contributed by atoms with Crippen LogP contribution < -0.4 is 5.32 Å². The van der Waals surface area contributed by atoms with Gasteiger partial charge in [0.2, 0.25) is 5.91 Å². The van der Waals surface area contributed by atoms with E-state index < -0.39 is 39.3 Å². The molecule has 0 radical (unpaired) electrons. The fourth-order valence-corrected chi connectivity index (χ4v) is 2.51. The van der Waals surface area contributed by atoms with Crippen LogP contribution in [-0.2, 0) is 28.7 Å². The first kappa shape index (κ1) is 17.8. The third-order valence-corrected chi connectivity index (χ3v) is 3.25. The molecule has 0 rings (SSSR count). The summed E-state index contributed by atoms with van der Waals surface area (Å²) in [5.74, 6) is -4.01. The minimum atomic E-state index is -4.28. The molecule has 9 heteroatoms. The number of rotatable bonds is 7. The molecule has 0 aromatic rings. The number of hydrogen-bond acceptors (Lipinski definition) is 6. The van der Waals surface area contributed by atoms with Crippen LogP contribution in [0.5, 0.6) is 0 Å². The van der Waals surface area contributed by atoms with E-state index in [-0.39, 0.29) is 0 Å². The highest BCUT2D eigenvalue weighted by Gasteiger charge is 2.29. The molecule has 0 heterocycles. The second-order valence-corrected chi connectivity index (χ2v) is 5.92. The monoisotopic (exact) mass is 305 g/mol. The van der Waals surface area contributed by atoms with Crippen molar-refractivity contribution in [3.63, 3.8) is 0 Å². The van der Waals surface area contributed by atoms with E-state index in [1.807, 2.05) is 0 Å². The van der Waals surface area contributed by atoms with Gasteiger partial charge < -0.3 is 14.6 Å². The van der Waals surface area contributed by atoms with Crippen LogP contribution in [0.25, 0.3) is 0 Å². The number of carboxylic acid groups (broad SMARTS) is 1. The smallest absolute Gasteiger partial charge is 0.346 e. The Morgan fingerprint density at radius 3 is 2.30 bits per heavy atom. The van der Waals surface area contributed by atoms with E-state index in [0.29, 0.717) is 12.2 Å². The molecule has 0 aromatic heterocycles. The van der Waals surface area contributed by atoms with Crippen molar-refractivity contribution in [2.75, 3.05) is 5.75 Å². The van der Waals surface area contributed by atoms with Crippen molar-refractivity contribution < 1.29 is 32.1 Å². The predicted octanol–water partition coefficient (Wildman–Crippen LogP) is -0.419. The van der Waals surface area contributed by atoms with Crippen molar-refractivity contribution in [2.24, 2.45) is 0 Å². The Morgan fingerprint density at radius 1 is 1.30 bits per heavy atom. The van der Waals surface area contributed by atoms with Crippen LogP contribution in [0, 0.1) is 0 Å². The Balaban J connectivity index is 4.74. The van der Waals surface area contributed by atoms with Gasteiger partial charge in [0.25, 0.3) is 0 Å². The normalized spacial score (nSPS) is 11.9. The summed E-state index contributed by atoms with van der Waals surface area (Å²) in [6.45, 7) is 6.04. The molecule has 0 aromatic carbocycles. The van der Waals surface area contributed by atoms with Crippen molar-refractivity contribution in [1.82, 2.24) is 5.32 Å². The molecule has 0 saturated carbocycles. The van der Waals surface area contributed by atoms with Crippen molar-refractivity contribution in [3.8, 4) is 0 Å². The fourth-order valence-electron chi connectivity index (χ4n) is 1.18. The summed E-state index contributed by atoms with van der Waals surface area (Å²) >= 11 is 0. The predicted molar refractivity (Wildman–Crippen MR) is 69.1 cm³/mol. The molecule has 2 N–H and O–H groups in total. The van der Waals surface area contributed by atoms with E-state index in [1.165, 1.54) is 13.8 Å². The maximum absolute atomic E-state index is 11.6. The molecule has 0 bridgehead atoms. The van der Waals surface area contributed by atoms with Gasteiger partial charge in [0, 0.05) is 12.2 Å². The first-order valence-corrected chi connectivity index (χ1v) is 6.87. The van der Waals surface area contributed by atoms with E-state index >= 15 is 0 Å². The van der Waals surface area contributed by atoms with E-state index in [2.05, 4.69) is 16.1 Å². The van der Waals surface area contributed by atoms with Gasteiger partial charge in [-0.05, 0) is 19.9 Å². The van der Waals surface area contributed by atoms with Gasteiger partial charge in [0.15, 0.2) is 0 Å². The first-order chi connectivity index (χ1) is 8.97. The first-order valence-electron chi connectivity index (χ1n) is 5.29. The molecule has 0 atom stereocenters. The maximum atomic E-state index is 11.6. The van der Waals surface area contributed by atoms with E-state index in [9.17, 15) is 22.8 Å². The second kappa shape index (κ2) is 6.85. The van der Waals surface area contributed by atoms with Gasteiger partial charge in [-0.2, -0.15) is 8.42 Å². The molecule has 1 amide bonds. The number of aliphatic carboxylic acids is 1. The molecule has 112 valence electrons. The number of carboxylic acids is 1. The summed E-state index contributed by atoms with van der Waals surface area (Å²) in [5, 5.41) is 10.6. The zero-order valence-electron chi connectivity index (χ0n) is 11.0. The Morgan fingerprint density at radius 2 is 1.85 bits per heavy atom. The van der Waals surface area contributed by atoms with Crippen LogP contribution in [0.15, 0.2) is 24.8 Å². The van der Waals surface area contributed by atoms with Gasteiger partial charge in [0.05, 0.1) is 5.54 Å². The summed E-state index contributed by atoms with van der Waals surface area (Å²) in [6, 6.07) is 0. The average Bonchev–Trinajstić information content (AvgIpc) is 2.22. The number of carbonyl (C=O) groups is 3. The lowest BCUT2D eigenvalue weighted by Gasteiger charge is -2.24. The van der Waals surface area contributed by atoms with Gasteiger partial charge >= 0.3 is 22.1 Å². The summed E-state index contributed by atoms with van der Waals surface area (Å²) < 4.78 is 27.3. The molecule has 0 aliphatic heterocycles. The van der Waals surface area contributed by atoms with Crippen molar-refractivity contribution in [3.05, 3.63) is 24.8 Å². The van der Waals surface area contributed by atoms with Crippen LogP contribution >= 0.6 is 0 Å². The Bertz CT molecular complexity index is 545. The van der Waals surface area contributed by atoms with Crippen molar-refractivity contribution >= 4 is 28.0 Å². The minimum absolute atomic E-state index is 0.447. The summed E-state index contributed by atoms with van der Waals surface area (Å²) in [4.78, 5) is 32.3. The summed E-state index contributed by atoms with van der Waals surface area (Å²) in [7, 11) is -4.28. The van der Waals surface area contributed by atoms with Gasteiger partial charge in [-0.25, -0.2) is 9.59 Å². The van der Waals surface area contributed by atoms with Crippen LogP contribution in [-0.4, -0.2) is 42.7 Å². The molecule has 0 aliphatic carbocycles. The average molecular weight is 305 g/mol. The highest BCUT2D eigenvalue weighted by atomic mass is 32.2. The molecule has 0 spiro atoms. The number of hydrogen-bond donors (Lipinski definition) is 2. The van der Waals surface area contributed by atoms with Gasteiger partial charge in [-0.3, -0.25) is 4.79 Å². The summed E-state index contributed by atoms with van der Waals surface area (Å²) in [6.07, 6.45) is 1.88. The highest BCUT2D eigenvalue weighted by Crippen LogP contribution is 2.09. The zero-order chi connectivity index (χ0) is 16.0. The van der Waals surface area contributed by atoms with E-state index in [4.69, 9.17) is 5.11 Å². The fraction of sp³-hybridized carbons (Fsp3) is 0.364. The third kappa shape index (κ3) is 8.03. The number of amides is 1. The maximum Gasteiger partial charge on any atom is 0.346 e. The van der Waals surface area contributed by atoms with Gasteiger partial charge in [0.1, 0.15) is 5.75 Å². The highest BCUT2D eigenvalue weighted by molar-refractivity contribution is 7.87. The van der Waals surface area contributed by atoms with Crippen LogP contribution in [0.2, 0.25) is 0 Å². The van der Waals surface area contributed by atoms with Crippen molar-refractivity contribution in [2.45, 2.75) is 19.4 Å². The Hall–Kier alpha value is -2.16. The third-order valence-electron chi connectivity index (χ3n) is 1.76. The Kier molecular flexibility index (Phi) is 6.11. The zero-order valence-corrected chi connectivity index (χ0v) is 11.8. The van der Waals surface area contributed by atoms with Gasteiger partial charge in [-0.15, -0.1) is 0 Å². The molecule has 0 unspecified atom stereocenters. The van der Waals surface area contributed by atoms with Crippen molar-refractivity contribution in [1.29, 1.82) is 0 Å². The minimum Gasteiger partial charge on any atom is -0.478 e. The lowest BCUT2D eigenvalue weighted by molar-refractivity contribution is -0.133. The SMILES string of the molecule is C=CC(=O)NC(C)(C)CS(=O)(=O)OC(=O)C=CC(=O)O. The molecule has 0 fully saturated rings. The lowest BCUT2D eigenvalue weighted by Crippen LogP contribution is -2.48. The lowest BCUT2D eigenvalue weighted by atomic mass is 10.1. The molecule has 0 aliphatic rings.